The molecule has 0 saturated heterocycles. The molecule has 0 aliphatic heterocycles. The van der Waals surface area contributed by atoms with Gasteiger partial charge in [0.25, 0.3) is 0 Å². The van der Waals surface area contributed by atoms with Gasteiger partial charge >= 0.3 is 0 Å². The fourth-order valence-electron chi connectivity index (χ4n) is 2.13. The first-order valence-electron chi connectivity index (χ1n) is 6.30. The third-order valence-corrected chi connectivity index (χ3v) is 3.46. The summed E-state index contributed by atoms with van der Waals surface area (Å²) in [6.45, 7) is 0. The average Bonchev–Trinajstić information content (AvgIpc) is 2.51. The molecule has 0 spiro atoms. The van der Waals surface area contributed by atoms with E-state index in [0.717, 1.165) is 10.8 Å². The number of hydrogen-bond acceptors (Lipinski definition) is 3. The second kappa shape index (κ2) is 5.42. The fraction of sp³-hybridized carbons (Fsp3) is 0. The number of nitrogens with two attached hydrogens (primary N) is 1. The minimum Gasteiger partial charge on any atom is -0.454 e. The molecule has 0 aliphatic rings. The van der Waals surface area contributed by atoms with Gasteiger partial charge in [-0.3, -0.25) is 10.4 Å². The first kappa shape index (κ1) is 13.4. The van der Waals surface area contributed by atoms with Crippen molar-refractivity contribution in [3.8, 4) is 11.5 Å². The van der Waals surface area contributed by atoms with Crippen LogP contribution in [-0.2, 0) is 0 Å². The van der Waals surface area contributed by atoms with Crippen molar-refractivity contribution < 1.29 is 4.74 Å². The maximum absolute atomic E-state index is 7.59. The van der Waals surface area contributed by atoms with Crippen molar-refractivity contribution in [2.24, 2.45) is 5.73 Å². The standard InChI is InChI=1S/C16H12ClN3O/c17-13-5-6-14(11-4-2-1-3-10(11)13)21-15-9-20-8-7-12(15)16(18)19/h1-9H,(H3,18,19). The summed E-state index contributed by atoms with van der Waals surface area (Å²) in [7, 11) is 0. The molecule has 5 heteroatoms. The van der Waals surface area contributed by atoms with Crippen molar-refractivity contribution in [2.45, 2.75) is 0 Å². The molecule has 0 radical (unpaired) electrons. The van der Waals surface area contributed by atoms with E-state index in [1.807, 2.05) is 24.3 Å². The minimum atomic E-state index is -0.0642. The predicted molar refractivity (Wildman–Crippen MR) is 84.3 cm³/mol. The van der Waals surface area contributed by atoms with Crippen molar-refractivity contribution >= 4 is 28.2 Å². The van der Waals surface area contributed by atoms with Crippen LogP contribution >= 0.6 is 11.6 Å². The Hall–Kier alpha value is -2.59. The van der Waals surface area contributed by atoms with Crippen LogP contribution in [-0.4, -0.2) is 10.8 Å². The topological polar surface area (TPSA) is 72.0 Å². The molecule has 0 amide bonds. The van der Waals surface area contributed by atoms with Crippen molar-refractivity contribution in [3.05, 3.63) is 65.4 Å². The third kappa shape index (κ3) is 2.53. The summed E-state index contributed by atoms with van der Waals surface area (Å²) in [6.07, 6.45) is 3.11. The van der Waals surface area contributed by atoms with E-state index in [1.54, 1.807) is 30.6 Å². The Morgan fingerprint density at radius 3 is 2.57 bits per heavy atom. The molecule has 21 heavy (non-hydrogen) atoms. The van der Waals surface area contributed by atoms with Crippen molar-refractivity contribution in [1.82, 2.24) is 4.98 Å². The Morgan fingerprint density at radius 2 is 1.81 bits per heavy atom. The normalized spacial score (nSPS) is 10.5. The van der Waals surface area contributed by atoms with Gasteiger partial charge in [-0.25, -0.2) is 0 Å². The van der Waals surface area contributed by atoms with Crippen LogP contribution in [0.4, 0.5) is 0 Å². The molecule has 3 aromatic rings. The van der Waals surface area contributed by atoms with E-state index < -0.39 is 0 Å². The Labute approximate surface area is 126 Å². The maximum Gasteiger partial charge on any atom is 0.156 e. The molecule has 0 saturated carbocycles. The van der Waals surface area contributed by atoms with Gasteiger partial charge in [0.2, 0.25) is 0 Å². The highest BCUT2D eigenvalue weighted by molar-refractivity contribution is 6.35. The summed E-state index contributed by atoms with van der Waals surface area (Å²) in [4.78, 5) is 4.02. The highest BCUT2D eigenvalue weighted by Gasteiger charge is 2.10. The Morgan fingerprint density at radius 1 is 1.05 bits per heavy atom. The number of ether oxygens (including phenoxy) is 1. The highest BCUT2D eigenvalue weighted by Crippen LogP contribution is 2.34. The zero-order valence-electron chi connectivity index (χ0n) is 11.0. The lowest BCUT2D eigenvalue weighted by atomic mass is 10.1. The largest absolute Gasteiger partial charge is 0.454 e. The van der Waals surface area contributed by atoms with Gasteiger partial charge in [-0.15, -0.1) is 0 Å². The third-order valence-electron chi connectivity index (χ3n) is 3.13. The molecule has 104 valence electrons. The number of amidine groups is 1. The molecule has 0 unspecified atom stereocenters. The molecule has 1 heterocycles. The van der Waals surface area contributed by atoms with Gasteiger partial charge in [-0.1, -0.05) is 35.9 Å². The molecule has 3 rings (SSSR count). The van der Waals surface area contributed by atoms with Gasteiger partial charge < -0.3 is 10.5 Å². The quantitative estimate of drug-likeness (QED) is 0.567. The summed E-state index contributed by atoms with van der Waals surface area (Å²) in [5.74, 6) is 1.02. The minimum absolute atomic E-state index is 0.0642. The number of aromatic nitrogens is 1. The van der Waals surface area contributed by atoms with Gasteiger partial charge in [0.15, 0.2) is 5.75 Å². The molecular weight excluding hydrogens is 286 g/mol. The number of benzene rings is 2. The Kier molecular flexibility index (Phi) is 3.46. The van der Waals surface area contributed by atoms with Crippen LogP contribution < -0.4 is 10.5 Å². The van der Waals surface area contributed by atoms with E-state index >= 15 is 0 Å². The number of rotatable bonds is 3. The van der Waals surface area contributed by atoms with Crippen LogP contribution in [0, 0.1) is 5.41 Å². The first-order chi connectivity index (χ1) is 10.2. The number of nitrogens with one attached hydrogen (secondary N) is 1. The summed E-state index contributed by atoms with van der Waals surface area (Å²) in [5.41, 5.74) is 6.06. The van der Waals surface area contributed by atoms with E-state index in [-0.39, 0.29) is 5.84 Å². The van der Waals surface area contributed by atoms with Crippen LogP contribution in [0.3, 0.4) is 0 Å². The number of nitrogen functional groups attached to an aromatic ring is 1. The molecule has 0 aliphatic carbocycles. The monoisotopic (exact) mass is 297 g/mol. The molecule has 2 aromatic carbocycles. The van der Waals surface area contributed by atoms with Crippen molar-refractivity contribution in [3.63, 3.8) is 0 Å². The van der Waals surface area contributed by atoms with Gasteiger partial charge in [-0.2, -0.15) is 0 Å². The van der Waals surface area contributed by atoms with Crippen LogP contribution in [0.15, 0.2) is 54.9 Å². The molecule has 0 fully saturated rings. The van der Waals surface area contributed by atoms with Crippen LogP contribution in [0.1, 0.15) is 5.56 Å². The molecule has 0 bridgehead atoms. The molecule has 4 nitrogen and oxygen atoms in total. The summed E-state index contributed by atoms with van der Waals surface area (Å²) < 4.78 is 5.90. The van der Waals surface area contributed by atoms with Crippen LogP contribution in [0.2, 0.25) is 5.02 Å². The smallest absolute Gasteiger partial charge is 0.156 e. The lowest BCUT2D eigenvalue weighted by Gasteiger charge is -2.12. The van der Waals surface area contributed by atoms with Gasteiger partial charge in [-0.05, 0) is 18.2 Å². The molecule has 1 aromatic heterocycles. The van der Waals surface area contributed by atoms with Gasteiger partial charge in [0.05, 0.1) is 11.8 Å². The van der Waals surface area contributed by atoms with E-state index in [2.05, 4.69) is 4.98 Å². The summed E-state index contributed by atoms with van der Waals surface area (Å²) in [5, 5.41) is 10.1. The number of pyridine rings is 1. The van der Waals surface area contributed by atoms with Crippen molar-refractivity contribution in [2.75, 3.05) is 0 Å². The van der Waals surface area contributed by atoms with Crippen molar-refractivity contribution in [1.29, 1.82) is 5.41 Å². The van der Waals surface area contributed by atoms with Crippen LogP contribution in [0.25, 0.3) is 10.8 Å². The van der Waals surface area contributed by atoms with E-state index in [1.165, 1.54) is 0 Å². The molecular formula is C16H12ClN3O. The second-order valence-electron chi connectivity index (χ2n) is 4.48. The highest BCUT2D eigenvalue weighted by atomic mass is 35.5. The van der Waals surface area contributed by atoms with E-state index in [9.17, 15) is 0 Å². The SMILES string of the molecule is N=C(N)c1ccncc1Oc1ccc(Cl)c2ccccc12. The average molecular weight is 298 g/mol. The van der Waals surface area contributed by atoms with E-state index in [4.69, 9.17) is 27.5 Å². The molecule has 3 N–H and O–H groups in total. The Bertz CT molecular complexity index is 833. The zero-order chi connectivity index (χ0) is 14.8. The second-order valence-corrected chi connectivity index (χ2v) is 4.89. The fourth-order valence-corrected chi connectivity index (χ4v) is 2.35. The van der Waals surface area contributed by atoms with Gasteiger partial charge in [0.1, 0.15) is 11.6 Å². The van der Waals surface area contributed by atoms with Gasteiger partial charge in [0, 0.05) is 22.0 Å². The zero-order valence-corrected chi connectivity index (χ0v) is 11.8. The lowest BCUT2D eigenvalue weighted by molar-refractivity contribution is 0.484. The number of hydrogen-bond donors (Lipinski definition) is 2. The first-order valence-corrected chi connectivity index (χ1v) is 6.68. The number of fused-ring (bicyclic) bond motifs is 1. The van der Waals surface area contributed by atoms with E-state index in [0.29, 0.717) is 22.1 Å². The van der Waals surface area contributed by atoms with Crippen LogP contribution in [0.5, 0.6) is 11.5 Å². The lowest BCUT2D eigenvalue weighted by Crippen LogP contribution is -2.12. The number of halogens is 1. The summed E-state index contributed by atoms with van der Waals surface area (Å²) in [6, 6.07) is 12.9. The maximum atomic E-state index is 7.59. The molecule has 0 atom stereocenters. The Balaban J connectivity index is 2.11. The predicted octanol–water partition coefficient (Wildman–Crippen LogP) is 3.96. The summed E-state index contributed by atoms with van der Waals surface area (Å²) >= 11 is 6.19. The number of nitrogens with zero attached hydrogens (tertiary/aromatic N) is 1.